The molecule has 0 radical (unpaired) electrons. The SMILES string of the molecule is COC(=O)C12CCC(NC(=O)c3c(C)c(-c4ccccc4)nc4cc(C)c(C)cc34)(CC1)CC2. The summed E-state index contributed by atoms with van der Waals surface area (Å²) < 4.78 is 5.10. The molecule has 2 aromatic carbocycles. The zero-order chi connectivity index (χ0) is 24.1. The first-order valence-electron chi connectivity index (χ1n) is 12.2. The van der Waals surface area contributed by atoms with Crippen LogP contribution >= 0.6 is 0 Å². The highest BCUT2D eigenvalue weighted by Crippen LogP contribution is 2.53. The van der Waals surface area contributed by atoms with Crippen molar-refractivity contribution >= 4 is 22.8 Å². The van der Waals surface area contributed by atoms with Crippen molar-refractivity contribution < 1.29 is 14.3 Å². The number of pyridine rings is 1. The van der Waals surface area contributed by atoms with Gasteiger partial charge in [-0.15, -0.1) is 0 Å². The van der Waals surface area contributed by atoms with Crippen molar-refractivity contribution in [3.05, 3.63) is 64.7 Å². The fourth-order valence-electron chi connectivity index (χ4n) is 5.99. The molecule has 34 heavy (non-hydrogen) atoms. The molecule has 3 aliphatic carbocycles. The Hall–Kier alpha value is -3.21. The summed E-state index contributed by atoms with van der Waals surface area (Å²) in [7, 11) is 1.47. The minimum absolute atomic E-state index is 0.0437. The number of fused-ring (bicyclic) bond motifs is 4. The number of ether oxygens (including phenoxy) is 1. The molecule has 0 atom stereocenters. The number of hydrogen-bond acceptors (Lipinski definition) is 4. The third-order valence-electron chi connectivity index (χ3n) is 8.36. The number of amides is 1. The van der Waals surface area contributed by atoms with Crippen LogP contribution in [-0.2, 0) is 9.53 Å². The van der Waals surface area contributed by atoms with Gasteiger partial charge in [0.1, 0.15) is 0 Å². The van der Waals surface area contributed by atoms with Gasteiger partial charge in [-0.1, -0.05) is 30.3 Å². The van der Waals surface area contributed by atoms with E-state index in [-0.39, 0.29) is 22.8 Å². The molecular formula is C29H32N2O3. The van der Waals surface area contributed by atoms with Crippen molar-refractivity contribution in [2.45, 2.75) is 64.8 Å². The van der Waals surface area contributed by atoms with Crippen LogP contribution in [0.3, 0.4) is 0 Å². The molecule has 6 rings (SSSR count). The van der Waals surface area contributed by atoms with Crippen molar-refractivity contribution in [3.63, 3.8) is 0 Å². The molecule has 5 heteroatoms. The molecule has 0 aliphatic heterocycles. The maximum absolute atomic E-state index is 13.9. The maximum atomic E-state index is 13.9. The highest BCUT2D eigenvalue weighted by molar-refractivity contribution is 6.09. The smallest absolute Gasteiger partial charge is 0.311 e. The molecule has 3 aliphatic rings. The molecule has 176 valence electrons. The van der Waals surface area contributed by atoms with Crippen molar-refractivity contribution in [1.82, 2.24) is 10.3 Å². The lowest BCUT2D eigenvalue weighted by Gasteiger charge is -2.52. The summed E-state index contributed by atoms with van der Waals surface area (Å²) in [6, 6.07) is 14.2. The second kappa shape index (κ2) is 8.23. The van der Waals surface area contributed by atoms with Gasteiger partial charge in [0.2, 0.25) is 0 Å². The minimum Gasteiger partial charge on any atom is -0.469 e. The second-order valence-corrected chi connectivity index (χ2v) is 10.3. The van der Waals surface area contributed by atoms with Crippen LogP contribution < -0.4 is 5.32 Å². The van der Waals surface area contributed by atoms with E-state index in [0.29, 0.717) is 5.56 Å². The van der Waals surface area contributed by atoms with Crippen molar-refractivity contribution in [2.75, 3.05) is 7.11 Å². The predicted molar refractivity (Wildman–Crippen MR) is 134 cm³/mol. The Morgan fingerprint density at radius 1 is 0.912 bits per heavy atom. The summed E-state index contributed by atoms with van der Waals surface area (Å²) >= 11 is 0. The Bertz CT molecular complexity index is 1270. The van der Waals surface area contributed by atoms with Gasteiger partial charge in [-0.25, -0.2) is 4.98 Å². The molecule has 1 amide bonds. The highest BCUT2D eigenvalue weighted by Gasteiger charge is 2.53. The fourth-order valence-corrected chi connectivity index (χ4v) is 5.99. The van der Waals surface area contributed by atoms with Gasteiger partial charge in [0.05, 0.1) is 29.3 Å². The Kier molecular flexibility index (Phi) is 5.46. The van der Waals surface area contributed by atoms with Gasteiger partial charge < -0.3 is 10.1 Å². The molecule has 0 unspecified atom stereocenters. The number of nitrogens with one attached hydrogen (secondary N) is 1. The summed E-state index contributed by atoms with van der Waals surface area (Å²) in [5.41, 5.74) is 5.96. The number of aromatic nitrogens is 1. The number of esters is 1. The topological polar surface area (TPSA) is 68.3 Å². The lowest BCUT2D eigenvalue weighted by molar-refractivity contribution is -0.160. The van der Waals surface area contributed by atoms with Crippen LogP contribution in [0.15, 0.2) is 42.5 Å². The normalized spacial score (nSPS) is 23.6. The number of carbonyl (C=O) groups is 2. The van der Waals surface area contributed by atoms with Gasteiger partial charge in [0.25, 0.3) is 5.91 Å². The van der Waals surface area contributed by atoms with Gasteiger partial charge in [-0.2, -0.15) is 0 Å². The zero-order valence-electron chi connectivity index (χ0n) is 20.5. The lowest BCUT2D eigenvalue weighted by atomic mass is 9.57. The first-order valence-corrected chi connectivity index (χ1v) is 12.2. The zero-order valence-corrected chi connectivity index (χ0v) is 20.5. The summed E-state index contributed by atoms with van der Waals surface area (Å²) in [5, 5.41) is 4.33. The van der Waals surface area contributed by atoms with E-state index in [1.807, 2.05) is 37.3 Å². The molecular weight excluding hydrogens is 424 g/mol. The second-order valence-electron chi connectivity index (χ2n) is 10.3. The van der Waals surface area contributed by atoms with Crippen LogP contribution in [0, 0.1) is 26.2 Å². The highest BCUT2D eigenvalue weighted by atomic mass is 16.5. The summed E-state index contributed by atoms with van der Waals surface area (Å²) in [6.07, 6.45) is 4.72. The number of nitrogens with zero attached hydrogens (tertiary/aromatic N) is 1. The van der Waals surface area contributed by atoms with Crippen molar-refractivity contribution in [3.8, 4) is 11.3 Å². The summed E-state index contributed by atoms with van der Waals surface area (Å²) in [6.45, 7) is 6.15. The van der Waals surface area contributed by atoms with E-state index in [9.17, 15) is 9.59 Å². The average molecular weight is 457 g/mol. The largest absolute Gasteiger partial charge is 0.469 e. The standard InChI is InChI=1S/C29H32N2O3/c1-18-16-22-23(17-19(18)2)30-25(21-8-6-5-7-9-21)20(3)24(22)26(32)31-29-13-10-28(11-14-29,12-15-29)27(33)34-4/h5-9,16-17H,10-15H2,1-4H3,(H,31,32). The van der Waals surface area contributed by atoms with Gasteiger partial charge in [0.15, 0.2) is 0 Å². The van der Waals surface area contributed by atoms with Crippen LogP contribution in [0.5, 0.6) is 0 Å². The molecule has 1 N–H and O–H groups in total. The van der Waals surface area contributed by atoms with E-state index in [2.05, 4.69) is 31.3 Å². The van der Waals surface area contributed by atoms with Crippen LogP contribution in [0.1, 0.15) is 65.6 Å². The van der Waals surface area contributed by atoms with Gasteiger partial charge in [-0.3, -0.25) is 9.59 Å². The van der Waals surface area contributed by atoms with Gasteiger partial charge in [0, 0.05) is 16.5 Å². The monoisotopic (exact) mass is 456 g/mol. The van der Waals surface area contributed by atoms with Gasteiger partial charge >= 0.3 is 5.97 Å². The van der Waals surface area contributed by atoms with E-state index in [0.717, 1.165) is 77.4 Å². The Morgan fingerprint density at radius 2 is 1.53 bits per heavy atom. The quantitative estimate of drug-likeness (QED) is 0.502. The summed E-state index contributed by atoms with van der Waals surface area (Å²) in [5.74, 6) is -0.140. The minimum atomic E-state index is -0.365. The third-order valence-corrected chi connectivity index (χ3v) is 8.36. The van der Waals surface area contributed by atoms with Crippen molar-refractivity contribution in [1.29, 1.82) is 0 Å². The van der Waals surface area contributed by atoms with E-state index >= 15 is 0 Å². The Balaban J connectivity index is 1.56. The van der Waals surface area contributed by atoms with E-state index < -0.39 is 0 Å². The fraction of sp³-hybridized carbons (Fsp3) is 0.414. The van der Waals surface area contributed by atoms with E-state index in [4.69, 9.17) is 9.72 Å². The van der Waals surface area contributed by atoms with Crippen LogP contribution in [0.4, 0.5) is 0 Å². The van der Waals surface area contributed by atoms with Crippen LogP contribution in [0.2, 0.25) is 0 Å². The predicted octanol–water partition coefficient (Wildman–Crippen LogP) is 5.82. The lowest BCUT2D eigenvalue weighted by Crippen LogP contribution is -2.58. The average Bonchev–Trinajstić information content (AvgIpc) is 2.85. The number of methoxy groups -OCH3 is 1. The summed E-state index contributed by atoms with van der Waals surface area (Å²) in [4.78, 5) is 31.3. The number of carbonyl (C=O) groups excluding carboxylic acids is 2. The van der Waals surface area contributed by atoms with Gasteiger partial charge in [-0.05, 0) is 88.1 Å². The van der Waals surface area contributed by atoms with Crippen LogP contribution in [0.25, 0.3) is 22.2 Å². The maximum Gasteiger partial charge on any atom is 0.311 e. The first-order chi connectivity index (χ1) is 16.3. The third kappa shape index (κ3) is 3.58. The first kappa shape index (κ1) is 22.6. The van der Waals surface area contributed by atoms with E-state index in [1.54, 1.807) is 0 Å². The Labute approximate surface area is 200 Å². The molecule has 1 heterocycles. The molecule has 5 nitrogen and oxygen atoms in total. The number of hydrogen-bond donors (Lipinski definition) is 1. The molecule has 0 saturated heterocycles. The molecule has 3 aromatic rings. The Morgan fingerprint density at radius 3 is 2.15 bits per heavy atom. The number of rotatable bonds is 4. The van der Waals surface area contributed by atoms with Crippen molar-refractivity contribution in [2.24, 2.45) is 5.41 Å². The van der Waals surface area contributed by atoms with Crippen LogP contribution in [-0.4, -0.2) is 29.5 Å². The number of aryl methyl sites for hydroxylation is 2. The molecule has 3 fully saturated rings. The molecule has 3 saturated carbocycles. The molecule has 0 spiro atoms. The molecule has 2 bridgehead atoms. The van der Waals surface area contributed by atoms with E-state index in [1.165, 1.54) is 7.11 Å². The number of benzene rings is 2. The molecule has 1 aromatic heterocycles.